The average molecular weight is 378 g/mol. The number of amides is 1. The summed E-state index contributed by atoms with van der Waals surface area (Å²) in [6.07, 6.45) is 7.09. The van der Waals surface area contributed by atoms with Gasteiger partial charge in [-0.15, -0.1) is 0 Å². The van der Waals surface area contributed by atoms with Crippen molar-refractivity contribution in [2.75, 3.05) is 13.2 Å². The molecule has 7 heteroatoms. The molecule has 1 saturated carbocycles. The summed E-state index contributed by atoms with van der Waals surface area (Å²) in [4.78, 5) is 17.2. The van der Waals surface area contributed by atoms with E-state index in [-0.39, 0.29) is 18.5 Å². The lowest BCUT2D eigenvalue weighted by Crippen LogP contribution is -2.45. The van der Waals surface area contributed by atoms with Crippen LogP contribution in [-0.4, -0.2) is 44.9 Å². The minimum absolute atomic E-state index is 0.0287. The fourth-order valence-electron chi connectivity index (χ4n) is 4.11. The Balaban J connectivity index is 1.55. The van der Waals surface area contributed by atoms with Gasteiger partial charge in [-0.25, -0.2) is 4.98 Å². The van der Waals surface area contributed by atoms with E-state index >= 15 is 0 Å². The second kappa shape index (κ2) is 6.83. The zero-order chi connectivity index (χ0) is 18.3. The van der Waals surface area contributed by atoms with Crippen molar-refractivity contribution in [2.45, 2.75) is 49.8 Å². The van der Waals surface area contributed by atoms with Gasteiger partial charge in [0.25, 0.3) is 5.91 Å². The van der Waals surface area contributed by atoms with Crippen LogP contribution in [0.3, 0.4) is 0 Å². The number of aromatic nitrogens is 2. The Bertz CT molecular complexity index is 823. The molecule has 2 unspecified atom stereocenters. The molecule has 26 heavy (non-hydrogen) atoms. The maximum Gasteiger partial charge on any atom is 0.253 e. The number of nitrogens with zero attached hydrogens (tertiary/aromatic N) is 2. The van der Waals surface area contributed by atoms with Crippen LogP contribution in [0.1, 0.15) is 49.0 Å². The molecule has 0 spiro atoms. The molecule has 0 aromatic carbocycles. The summed E-state index contributed by atoms with van der Waals surface area (Å²) in [5, 5.41) is 14.5. The van der Waals surface area contributed by atoms with Gasteiger partial charge in [0, 0.05) is 24.3 Å². The summed E-state index contributed by atoms with van der Waals surface area (Å²) in [5.41, 5.74) is 0.0540. The van der Waals surface area contributed by atoms with Gasteiger partial charge < -0.3 is 19.7 Å². The first kappa shape index (κ1) is 17.8. The SMILES string of the molecule is C[C@H]1CCC[C@@](O)(CNC(=O)c2cn(C3COC3Cl)c3ncccc23)C1. The molecule has 140 valence electrons. The second-order valence-corrected chi connectivity index (χ2v) is 8.12. The van der Waals surface area contributed by atoms with E-state index < -0.39 is 11.2 Å². The third-order valence-electron chi connectivity index (χ3n) is 5.57. The van der Waals surface area contributed by atoms with Gasteiger partial charge in [0.1, 0.15) is 5.65 Å². The van der Waals surface area contributed by atoms with E-state index in [0.717, 1.165) is 36.7 Å². The minimum Gasteiger partial charge on any atom is -0.388 e. The number of aliphatic hydroxyl groups is 1. The van der Waals surface area contributed by atoms with Crippen molar-refractivity contribution in [2.24, 2.45) is 5.92 Å². The standard InChI is InChI=1S/C19H24ClN3O3/c1-12-4-2-6-19(25,8-12)11-22-18(24)14-9-23(15-10-26-16(15)20)17-13(14)5-3-7-21-17/h3,5,7,9,12,15-16,25H,2,4,6,8,10-11H2,1H3,(H,22,24)/t12-,15?,16?,19-/m0/s1. The van der Waals surface area contributed by atoms with Crippen LogP contribution in [0.4, 0.5) is 0 Å². The van der Waals surface area contributed by atoms with Crippen molar-refractivity contribution < 1.29 is 14.6 Å². The van der Waals surface area contributed by atoms with E-state index in [1.165, 1.54) is 0 Å². The molecule has 4 rings (SSSR count). The maximum atomic E-state index is 12.8. The fourth-order valence-corrected chi connectivity index (χ4v) is 4.38. The highest BCUT2D eigenvalue weighted by Crippen LogP contribution is 2.34. The first-order valence-corrected chi connectivity index (χ1v) is 9.62. The van der Waals surface area contributed by atoms with Crippen LogP contribution in [0, 0.1) is 5.92 Å². The maximum absolute atomic E-state index is 12.8. The largest absolute Gasteiger partial charge is 0.388 e. The Labute approximate surface area is 157 Å². The highest BCUT2D eigenvalue weighted by atomic mass is 35.5. The van der Waals surface area contributed by atoms with Crippen LogP contribution in [0.25, 0.3) is 11.0 Å². The van der Waals surface area contributed by atoms with Gasteiger partial charge in [-0.1, -0.05) is 31.4 Å². The van der Waals surface area contributed by atoms with Crippen molar-refractivity contribution in [3.05, 3.63) is 30.1 Å². The lowest BCUT2D eigenvalue weighted by atomic mass is 9.79. The van der Waals surface area contributed by atoms with Gasteiger partial charge >= 0.3 is 0 Å². The number of fused-ring (bicyclic) bond motifs is 1. The van der Waals surface area contributed by atoms with Crippen LogP contribution >= 0.6 is 11.6 Å². The molecular formula is C19H24ClN3O3. The van der Waals surface area contributed by atoms with Crippen LogP contribution in [0.5, 0.6) is 0 Å². The smallest absolute Gasteiger partial charge is 0.253 e. The molecule has 1 aliphatic carbocycles. The van der Waals surface area contributed by atoms with Crippen molar-refractivity contribution in [3.8, 4) is 0 Å². The van der Waals surface area contributed by atoms with E-state index in [0.29, 0.717) is 18.1 Å². The molecular weight excluding hydrogens is 354 g/mol. The van der Waals surface area contributed by atoms with Crippen LogP contribution < -0.4 is 5.32 Å². The molecule has 2 aliphatic rings. The van der Waals surface area contributed by atoms with Crippen molar-refractivity contribution in [3.63, 3.8) is 0 Å². The van der Waals surface area contributed by atoms with Gasteiger partial charge in [-0.3, -0.25) is 4.79 Å². The number of nitrogens with one attached hydrogen (secondary N) is 1. The third-order valence-corrected chi connectivity index (χ3v) is 5.98. The average Bonchev–Trinajstić information content (AvgIpc) is 2.98. The molecule has 2 aromatic rings. The van der Waals surface area contributed by atoms with E-state index in [4.69, 9.17) is 16.3 Å². The van der Waals surface area contributed by atoms with Crippen LogP contribution in [-0.2, 0) is 4.74 Å². The summed E-state index contributed by atoms with van der Waals surface area (Å²) >= 11 is 6.13. The van der Waals surface area contributed by atoms with Crippen LogP contribution in [0.15, 0.2) is 24.5 Å². The number of carbonyl (C=O) groups is 1. The lowest BCUT2D eigenvalue weighted by Gasteiger charge is -2.35. The zero-order valence-corrected chi connectivity index (χ0v) is 15.6. The number of rotatable bonds is 4. The normalized spacial score (nSPS) is 31.6. The summed E-state index contributed by atoms with van der Waals surface area (Å²) in [7, 11) is 0. The van der Waals surface area contributed by atoms with E-state index in [2.05, 4.69) is 17.2 Å². The molecule has 1 saturated heterocycles. The van der Waals surface area contributed by atoms with E-state index in [9.17, 15) is 9.90 Å². The number of halogens is 1. The quantitative estimate of drug-likeness (QED) is 0.803. The molecule has 4 atom stereocenters. The Hall–Kier alpha value is -1.63. The fraction of sp³-hybridized carbons (Fsp3) is 0.579. The number of carbonyl (C=O) groups excluding carboxylic acids is 1. The predicted octanol–water partition coefficient (Wildman–Crippen LogP) is 2.84. The summed E-state index contributed by atoms with van der Waals surface area (Å²) < 4.78 is 7.17. The number of pyridine rings is 1. The molecule has 1 aliphatic heterocycles. The summed E-state index contributed by atoms with van der Waals surface area (Å²) in [6, 6.07) is 3.67. The number of alkyl halides is 1. The highest BCUT2D eigenvalue weighted by Gasteiger charge is 2.35. The Morgan fingerprint density at radius 1 is 1.58 bits per heavy atom. The number of ether oxygens (including phenoxy) is 1. The molecule has 0 radical (unpaired) electrons. The Morgan fingerprint density at radius 3 is 3.12 bits per heavy atom. The van der Waals surface area contributed by atoms with E-state index in [1.54, 1.807) is 12.4 Å². The summed E-state index contributed by atoms with van der Waals surface area (Å²) in [6.45, 7) is 2.93. The number of hydrogen-bond donors (Lipinski definition) is 2. The molecule has 2 fully saturated rings. The minimum atomic E-state index is -0.813. The summed E-state index contributed by atoms with van der Waals surface area (Å²) in [5.74, 6) is 0.288. The zero-order valence-electron chi connectivity index (χ0n) is 14.8. The molecule has 6 nitrogen and oxygen atoms in total. The van der Waals surface area contributed by atoms with Crippen molar-refractivity contribution in [1.82, 2.24) is 14.9 Å². The van der Waals surface area contributed by atoms with Crippen molar-refractivity contribution in [1.29, 1.82) is 0 Å². The monoisotopic (exact) mass is 377 g/mol. The van der Waals surface area contributed by atoms with Gasteiger partial charge in [0.15, 0.2) is 5.56 Å². The van der Waals surface area contributed by atoms with Gasteiger partial charge in [0.2, 0.25) is 0 Å². The van der Waals surface area contributed by atoms with E-state index in [1.807, 2.05) is 16.7 Å². The van der Waals surface area contributed by atoms with Gasteiger partial charge in [-0.2, -0.15) is 0 Å². The molecule has 1 amide bonds. The molecule has 2 N–H and O–H groups in total. The van der Waals surface area contributed by atoms with Crippen molar-refractivity contribution >= 4 is 28.5 Å². The second-order valence-electron chi connectivity index (χ2n) is 7.68. The number of hydrogen-bond acceptors (Lipinski definition) is 4. The predicted molar refractivity (Wildman–Crippen MR) is 99.3 cm³/mol. The van der Waals surface area contributed by atoms with Crippen LogP contribution in [0.2, 0.25) is 0 Å². The van der Waals surface area contributed by atoms with Gasteiger partial charge in [0.05, 0.1) is 23.8 Å². The lowest BCUT2D eigenvalue weighted by molar-refractivity contribution is -0.0525. The third kappa shape index (κ3) is 3.21. The Morgan fingerprint density at radius 2 is 2.42 bits per heavy atom. The topological polar surface area (TPSA) is 76.4 Å². The first-order chi connectivity index (χ1) is 12.5. The molecule has 3 heterocycles. The molecule has 2 aromatic heterocycles. The Kier molecular flexibility index (Phi) is 4.67. The van der Waals surface area contributed by atoms with Gasteiger partial charge in [-0.05, 0) is 30.9 Å². The first-order valence-electron chi connectivity index (χ1n) is 9.19. The molecule has 0 bridgehead atoms. The highest BCUT2D eigenvalue weighted by molar-refractivity contribution is 6.20.